The van der Waals surface area contributed by atoms with Gasteiger partial charge < -0.3 is 9.80 Å². The number of carbonyl (C=O) groups excluding carboxylic acids is 1. The first-order valence-corrected chi connectivity index (χ1v) is 8.98. The van der Waals surface area contributed by atoms with E-state index in [1.807, 2.05) is 51.3 Å². The van der Waals surface area contributed by atoms with Crippen LogP contribution >= 0.6 is 0 Å². The first-order chi connectivity index (χ1) is 12.3. The van der Waals surface area contributed by atoms with Crippen molar-refractivity contribution in [1.82, 2.24) is 9.80 Å². The van der Waals surface area contributed by atoms with Gasteiger partial charge in [0.05, 0.1) is 12.0 Å². The van der Waals surface area contributed by atoms with Crippen molar-refractivity contribution in [2.24, 2.45) is 4.99 Å². The fourth-order valence-corrected chi connectivity index (χ4v) is 2.66. The monoisotopic (exact) mass is 351 g/mol. The molecule has 0 N–H and O–H groups in total. The lowest BCUT2D eigenvalue weighted by molar-refractivity contribution is 0.0784. The van der Waals surface area contributed by atoms with E-state index < -0.39 is 0 Å². The molecule has 4 nitrogen and oxygen atoms in total. The molecular formula is C22H29N3O. The minimum atomic E-state index is 0.0346. The Hall–Kier alpha value is -2.62. The number of rotatable bonds is 6. The lowest BCUT2D eigenvalue weighted by Crippen LogP contribution is -2.27. The summed E-state index contributed by atoms with van der Waals surface area (Å²) in [5.74, 6) is 0.0346. The molecule has 0 aliphatic heterocycles. The number of aryl methyl sites for hydroxylation is 3. The van der Waals surface area contributed by atoms with Gasteiger partial charge >= 0.3 is 0 Å². The molecule has 0 aromatic heterocycles. The first-order valence-electron chi connectivity index (χ1n) is 8.98. The van der Waals surface area contributed by atoms with E-state index in [0.29, 0.717) is 6.54 Å². The molecule has 0 aliphatic carbocycles. The van der Waals surface area contributed by atoms with Crippen LogP contribution in [0.15, 0.2) is 41.4 Å². The van der Waals surface area contributed by atoms with Crippen molar-refractivity contribution in [1.29, 1.82) is 0 Å². The smallest absolute Gasteiger partial charge is 0.254 e. The Labute approximate surface area is 157 Å². The molecule has 0 atom stereocenters. The van der Waals surface area contributed by atoms with Crippen LogP contribution in [0.2, 0.25) is 0 Å². The number of hydrogen-bond donors (Lipinski definition) is 0. The summed E-state index contributed by atoms with van der Waals surface area (Å²) in [5, 5.41) is 0. The Bertz CT molecular complexity index is 794. The van der Waals surface area contributed by atoms with E-state index in [1.54, 1.807) is 4.90 Å². The van der Waals surface area contributed by atoms with Crippen LogP contribution in [-0.2, 0) is 6.54 Å². The van der Waals surface area contributed by atoms with Crippen LogP contribution in [0.3, 0.4) is 0 Å². The standard InChI is InChI=1S/C22H29N3O/c1-7-24(5)15-23-21-13-17(3)20(12-18(21)4)22(26)25(6)14-19-10-8-16(2)9-11-19/h8-13,15H,7,14H2,1-6H3. The Kier molecular flexibility index (Phi) is 6.56. The molecule has 0 aliphatic rings. The van der Waals surface area contributed by atoms with Gasteiger partial charge in [0.2, 0.25) is 0 Å². The normalized spacial score (nSPS) is 11.0. The summed E-state index contributed by atoms with van der Waals surface area (Å²) in [4.78, 5) is 21.2. The summed E-state index contributed by atoms with van der Waals surface area (Å²) in [7, 11) is 3.84. The Morgan fingerprint density at radius 3 is 2.31 bits per heavy atom. The first kappa shape index (κ1) is 19.7. The zero-order valence-electron chi connectivity index (χ0n) is 16.7. The number of hydrogen-bond acceptors (Lipinski definition) is 2. The molecule has 1 amide bonds. The van der Waals surface area contributed by atoms with Crippen LogP contribution < -0.4 is 0 Å². The van der Waals surface area contributed by atoms with E-state index in [0.717, 1.165) is 34.5 Å². The quantitative estimate of drug-likeness (QED) is 0.568. The maximum Gasteiger partial charge on any atom is 0.254 e. The SMILES string of the molecule is CCN(C)C=Nc1cc(C)c(C(=O)N(C)Cc2ccc(C)cc2)cc1C. The van der Waals surface area contributed by atoms with Gasteiger partial charge in [-0.1, -0.05) is 29.8 Å². The van der Waals surface area contributed by atoms with E-state index >= 15 is 0 Å². The fourth-order valence-electron chi connectivity index (χ4n) is 2.66. The van der Waals surface area contributed by atoms with E-state index in [1.165, 1.54) is 5.56 Å². The molecule has 0 spiro atoms. The summed E-state index contributed by atoms with van der Waals surface area (Å²) in [6.07, 6.45) is 1.83. The molecule has 0 bridgehead atoms. The third-order valence-corrected chi connectivity index (χ3v) is 4.55. The number of benzene rings is 2. The summed E-state index contributed by atoms with van der Waals surface area (Å²) >= 11 is 0. The third-order valence-electron chi connectivity index (χ3n) is 4.55. The number of aliphatic imine (C=N–C) groups is 1. The maximum atomic E-state index is 12.9. The van der Waals surface area contributed by atoms with Crippen LogP contribution in [0.1, 0.15) is 39.5 Å². The van der Waals surface area contributed by atoms with Crippen LogP contribution in [0.5, 0.6) is 0 Å². The van der Waals surface area contributed by atoms with Crippen molar-refractivity contribution in [2.45, 2.75) is 34.2 Å². The molecule has 4 heteroatoms. The Morgan fingerprint density at radius 2 is 1.69 bits per heavy atom. The van der Waals surface area contributed by atoms with Crippen molar-refractivity contribution < 1.29 is 4.79 Å². The minimum Gasteiger partial charge on any atom is -0.366 e. The van der Waals surface area contributed by atoms with Gasteiger partial charge in [-0.2, -0.15) is 0 Å². The summed E-state index contributed by atoms with van der Waals surface area (Å²) in [6, 6.07) is 12.2. The van der Waals surface area contributed by atoms with Crippen LogP contribution in [0, 0.1) is 20.8 Å². The van der Waals surface area contributed by atoms with Crippen molar-refractivity contribution in [3.05, 3.63) is 64.2 Å². The van der Waals surface area contributed by atoms with Gasteiger partial charge in [-0.3, -0.25) is 4.79 Å². The maximum absolute atomic E-state index is 12.9. The van der Waals surface area contributed by atoms with E-state index in [-0.39, 0.29) is 5.91 Å². The molecule has 0 heterocycles. The highest BCUT2D eigenvalue weighted by Crippen LogP contribution is 2.24. The van der Waals surface area contributed by atoms with Gasteiger partial charge in [0.25, 0.3) is 5.91 Å². The second-order valence-corrected chi connectivity index (χ2v) is 6.92. The van der Waals surface area contributed by atoms with Gasteiger partial charge in [-0.25, -0.2) is 4.99 Å². The van der Waals surface area contributed by atoms with E-state index in [4.69, 9.17) is 0 Å². The average molecular weight is 351 g/mol. The molecule has 0 saturated carbocycles. The van der Waals surface area contributed by atoms with Crippen molar-refractivity contribution >= 4 is 17.9 Å². The average Bonchev–Trinajstić information content (AvgIpc) is 2.62. The molecule has 0 radical (unpaired) electrons. The van der Waals surface area contributed by atoms with Crippen LogP contribution in [0.25, 0.3) is 0 Å². The summed E-state index contributed by atoms with van der Waals surface area (Å²) < 4.78 is 0. The van der Waals surface area contributed by atoms with Crippen LogP contribution in [-0.4, -0.2) is 42.7 Å². The number of amides is 1. The highest BCUT2D eigenvalue weighted by atomic mass is 16.2. The van der Waals surface area contributed by atoms with Crippen molar-refractivity contribution in [3.63, 3.8) is 0 Å². The number of nitrogens with zero attached hydrogens (tertiary/aromatic N) is 3. The second-order valence-electron chi connectivity index (χ2n) is 6.92. The van der Waals surface area contributed by atoms with Gasteiger partial charge in [-0.15, -0.1) is 0 Å². The van der Waals surface area contributed by atoms with Gasteiger partial charge in [0.15, 0.2) is 0 Å². The number of carbonyl (C=O) groups is 1. The minimum absolute atomic E-state index is 0.0346. The van der Waals surface area contributed by atoms with Gasteiger partial charge in [0.1, 0.15) is 0 Å². The Balaban J connectivity index is 2.19. The molecule has 26 heavy (non-hydrogen) atoms. The molecule has 0 fully saturated rings. The predicted molar refractivity (Wildman–Crippen MR) is 109 cm³/mol. The molecule has 0 saturated heterocycles. The van der Waals surface area contributed by atoms with Gasteiger partial charge in [0, 0.05) is 32.7 Å². The largest absolute Gasteiger partial charge is 0.366 e. The highest BCUT2D eigenvalue weighted by molar-refractivity contribution is 5.96. The summed E-state index contributed by atoms with van der Waals surface area (Å²) in [5.41, 5.74) is 5.94. The molecule has 2 aromatic rings. The topological polar surface area (TPSA) is 35.9 Å². The molecule has 2 aromatic carbocycles. The third kappa shape index (κ3) is 4.94. The van der Waals surface area contributed by atoms with E-state index in [2.05, 4.69) is 43.1 Å². The molecule has 2 rings (SSSR count). The van der Waals surface area contributed by atoms with Crippen molar-refractivity contribution in [3.8, 4) is 0 Å². The Morgan fingerprint density at radius 1 is 1.04 bits per heavy atom. The molecular weight excluding hydrogens is 322 g/mol. The highest BCUT2D eigenvalue weighted by Gasteiger charge is 2.16. The fraction of sp³-hybridized carbons (Fsp3) is 0.364. The predicted octanol–water partition coefficient (Wildman–Crippen LogP) is 4.50. The van der Waals surface area contributed by atoms with Crippen LogP contribution in [0.4, 0.5) is 5.69 Å². The molecule has 138 valence electrons. The van der Waals surface area contributed by atoms with Gasteiger partial charge in [-0.05, 0) is 56.5 Å². The zero-order valence-corrected chi connectivity index (χ0v) is 16.7. The zero-order chi connectivity index (χ0) is 19.3. The lowest BCUT2D eigenvalue weighted by atomic mass is 10.0. The molecule has 0 unspecified atom stereocenters. The van der Waals surface area contributed by atoms with Crippen molar-refractivity contribution in [2.75, 3.05) is 20.6 Å². The lowest BCUT2D eigenvalue weighted by Gasteiger charge is -2.19. The summed E-state index contributed by atoms with van der Waals surface area (Å²) in [6.45, 7) is 9.60. The second kappa shape index (κ2) is 8.65. The van der Waals surface area contributed by atoms with E-state index in [9.17, 15) is 4.79 Å².